The molecule has 0 aromatic heterocycles. The van der Waals surface area contributed by atoms with Crippen LogP contribution < -0.4 is 5.73 Å². The normalized spacial score (nSPS) is 32.1. The standard InChI is InChI=1S/C11H17F3N2/c12-11(13,14)9-3-5-16(6-4-9)10-2-1-8(10)7-15/h3,8,10H,1-2,4-7,15H2. The van der Waals surface area contributed by atoms with Crippen molar-refractivity contribution in [3.05, 3.63) is 11.6 Å². The van der Waals surface area contributed by atoms with Crippen molar-refractivity contribution in [2.45, 2.75) is 31.5 Å². The summed E-state index contributed by atoms with van der Waals surface area (Å²) in [6.45, 7) is 1.60. The first kappa shape index (κ1) is 11.9. The molecule has 1 heterocycles. The van der Waals surface area contributed by atoms with Crippen LogP contribution in [-0.4, -0.2) is 36.8 Å². The van der Waals surface area contributed by atoms with Crippen molar-refractivity contribution in [3.8, 4) is 0 Å². The predicted octanol–water partition coefficient (Wildman–Crippen LogP) is 1.92. The number of nitrogens with zero attached hydrogens (tertiary/aromatic N) is 1. The number of hydrogen-bond acceptors (Lipinski definition) is 2. The molecule has 0 bridgehead atoms. The molecule has 2 nitrogen and oxygen atoms in total. The molecule has 5 heteroatoms. The van der Waals surface area contributed by atoms with Crippen LogP contribution in [0, 0.1) is 5.92 Å². The number of nitrogens with two attached hydrogens (primary N) is 1. The molecule has 0 aromatic rings. The van der Waals surface area contributed by atoms with Crippen LogP contribution in [0.2, 0.25) is 0 Å². The summed E-state index contributed by atoms with van der Waals surface area (Å²) < 4.78 is 37.2. The monoisotopic (exact) mass is 234 g/mol. The SMILES string of the molecule is NCC1CCC1N1CC=C(C(F)(F)F)CC1. The zero-order valence-corrected chi connectivity index (χ0v) is 9.13. The van der Waals surface area contributed by atoms with E-state index in [1.165, 1.54) is 6.08 Å². The smallest absolute Gasteiger partial charge is 0.330 e. The second-order valence-corrected chi connectivity index (χ2v) is 4.61. The maximum absolute atomic E-state index is 12.4. The Morgan fingerprint density at radius 3 is 2.50 bits per heavy atom. The highest BCUT2D eigenvalue weighted by atomic mass is 19.4. The zero-order chi connectivity index (χ0) is 11.8. The maximum Gasteiger partial charge on any atom is 0.412 e. The van der Waals surface area contributed by atoms with Gasteiger partial charge >= 0.3 is 6.18 Å². The fourth-order valence-corrected chi connectivity index (χ4v) is 2.55. The van der Waals surface area contributed by atoms with E-state index in [1.807, 2.05) is 0 Å². The van der Waals surface area contributed by atoms with Crippen molar-refractivity contribution in [3.63, 3.8) is 0 Å². The summed E-state index contributed by atoms with van der Waals surface area (Å²) in [5.74, 6) is 0.487. The summed E-state index contributed by atoms with van der Waals surface area (Å²) in [7, 11) is 0. The van der Waals surface area contributed by atoms with E-state index in [9.17, 15) is 13.2 Å². The third-order valence-corrected chi connectivity index (χ3v) is 3.75. The number of alkyl halides is 3. The van der Waals surface area contributed by atoms with Gasteiger partial charge in [0.2, 0.25) is 0 Å². The lowest BCUT2D eigenvalue weighted by Crippen LogP contribution is -2.51. The van der Waals surface area contributed by atoms with Gasteiger partial charge in [-0.3, -0.25) is 4.90 Å². The van der Waals surface area contributed by atoms with Crippen molar-refractivity contribution in [1.29, 1.82) is 0 Å². The lowest BCUT2D eigenvalue weighted by molar-refractivity contribution is -0.0972. The van der Waals surface area contributed by atoms with Crippen LogP contribution >= 0.6 is 0 Å². The van der Waals surface area contributed by atoms with Crippen LogP contribution in [0.25, 0.3) is 0 Å². The Balaban J connectivity index is 1.92. The van der Waals surface area contributed by atoms with Crippen LogP contribution in [0.5, 0.6) is 0 Å². The Kier molecular flexibility index (Phi) is 3.26. The average Bonchev–Trinajstić information content (AvgIpc) is 2.16. The summed E-state index contributed by atoms with van der Waals surface area (Å²) in [6.07, 6.45) is -0.490. The summed E-state index contributed by atoms with van der Waals surface area (Å²) in [4.78, 5) is 2.14. The fourth-order valence-electron chi connectivity index (χ4n) is 2.55. The number of halogens is 3. The quantitative estimate of drug-likeness (QED) is 0.740. The van der Waals surface area contributed by atoms with E-state index in [-0.39, 0.29) is 12.0 Å². The maximum atomic E-state index is 12.4. The molecule has 92 valence electrons. The molecular weight excluding hydrogens is 217 g/mol. The highest BCUT2D eigenvalue weighted by molar-refractivity contribution is 5.14. The third kappa shape index (κ3) is 2.25. The molecular formula is C11H17F3N2. The van der Waals surface area contributed by atoms with Gasteiger partial charge in [-0.05, 0) is 31.7 Å². The van der Waals surface area contributed by atoms with Gasteiger partial charge in [0.1, 0.15) is 0 Å². The predicted molar refractivity (Wildman–Crippen MR) is 55.9 cm³/mol. The van der Waals surface area contributed by atoms with Crippen molar-refractivity contribution < 1.29 is 13.2 Å². The lowest BCUT2D eigenvalue weighted by atomic mass is 9.78. The Labute approximate surface area is 93.3 Å². The number of hydrogen-bond donors (Lipinski definition) is 1. The third-order valence-electron chi connectivity index (χ3n) is 3.75. The minimum Gasteiger partial charge on any atom is -0.330 e. The topological polar surface area (TPSA) is 29.3 Å². The van der Waals surface area contributed by atoms with Crippen LogP contribution in [0.4, 0.5) is 13.2 Å². The Bertz CT molecular complexity index is 283. The molecule has 1 saturated carbocycles. The Morgan fingerprint density at radius 2 is 2.12 bits per heavy atom. The first-order valence-electron chi connectivity index (χ1n) is 5.72. The fraction of sp³-hybridized carbons (Fsp3) is 0.818. The lowest BCUT2D eigenvalue weighted by Gasteiger charge is -2.45. The van der Waals surface area contributed by atoms with Gasteiger partial charge in [-0.15, -0.1) is 0 Å². The molecule has 0 amide bonds. The summed E-state index contributed by atoms with van der Waals surface area (Å²) in [6, 6.07) is 0.413. The van der Waals surface area contributed by atoms with E-state index in [1.54, 1.807) is 0 Å². The van der Waals surface area contributed by atoms with Gasteiger partial charge in [-0.1, -0.05) is 6.08 Å². The molecule has 16 heavy (non-hydrogen) atoms. The molecule has 0 radical (unpaired) electrons. The molecule has 0 spiro atoms. The van der Waals surface area contributed by atoms with Gasteiger partial charge in [-0.2, -0.15) is 13.2 Å². The van der Waals surface area contributed by atoms with E-state index in [4.69, 9.17) is 5.73 Å². The van der Waals surface area contributed by atoms with Crippen LogP contribution in [0.15, 0.2) is 11.6 Å². The first-order valence-corrected chi connectivity index (χ1v) is 5.72. The number of rotatable bonds is 2. The van der Waals surface area contributed by atoms with Gasteiger partial charge < -0.3 is 5.73 Å². The second kappa shape index (κ2) is 4.37. The van der Waals surface area contributed by atoms with Gasteiger partial charge in [-0.25, -0.2) is 0 Å². The summed E-state index contributed by atoms with van der Waals surface area (Å²) in [5, 5.41) is 0. The molecule has 2 aliphatic rings. The first-order chi connectivity index (χ1) is 7.52. The van der Waals surface area contributed by atoms with Gasteiger partial charge in [0.25, 0.3) is 0 Å². The van der Waals surface area contributed by atoms with E-state index in [2.05, 4.69) is 4.90 Å². The van der Waals surface area contributed by atoms with E-state index < -0.39 is 6.18 Å². The minimum absolute atomic E-state index is 0.122. The van der Waals surface area contributed by atoms with Crippen LogP contribution in [-0.2, 0) is 0 Å². The van der Waals surface area contributed by atoms with Crippen LogP contribution in [0.3, 0.4) is 0 Å². The highest BCUT2D eigenvalue weighted by Crippen LogP contribution is 2.35. The van der Waals surface area contributed by atoms with E-state index in [0.29, 0.717) is 31.6 Å². The Hall–Kier alpha value is -0.550. The summed E-state index contributed by atoms with van der Waals surface area (Å²) in [5.41, 5.74) is 5.24. The zero-order valence-electron chi connectivity index (χ0n) is 9.13. The molecule has 2 rings (SSSR count). The van der Waals surface area contributed by atoms with E-state index in [0.717, 1.165) is 12.8 Å². The molecule has 0 saturated heterocycles. The van der Waals surface area contributed by atoms with Crippen molar-refractivity contribution in [1.82, 2.24) is 4.90 Å². The van der Waals surface area contributed by atoms with Crippen molar-refractivity contribution in [2.24, 2.45) is 11.7 Å². The molecule has 0 aromatic carbocycles. The molecule has 1 aliphatic heterocycles. The second-order valence-electron chi connectivity index (χ2n) is 4.61. The highest BCUT2D eigenvalue weighted by Gasteiger charge is 2.39. The van der Waals surface area contributed by atoms with Gasteiger partial charge in [0, 0.05) is 24.7 Å². The molecule has 1 fully saturated rings. The average molecular weight is 234 g/mol. The molecule has 2 N–H and O–H groups in total. The largest absolute Gasteiger partial charge is 0.412 e. The molecule has 2 atom stereocenters. The van der Waals surface area contributed by atoms with Crippen molar-refractivity contribution >= 4 is 0 Å². The summed E-state index contributed by atoms with van der Waals surface area (Å²) >= 11 is 0. The molecule has 2 unspecified atom stereocenters. The van der Waals surface area contributed by atoms with Gasteiger partial charge in [0.15, 0.2) is 0 Å². The van der Waals surface area contributed by atoms with Crippen molar-refractivity contribution in [2.75, 3.05) is 19.6 Å². The minimum atomic E-state index is -4.14. The van der Waals surface area contributed by atoms with Gasteiger partial charge in [0.05, 0.1) is 0 Å². The van der Waals surface area contributed by atoms with Crippen LogP contribution in [0.1, 0.15) is 19.3 Å². The Morgan fingerprint density at radius 1 is 1.38 bits per heavy atom. The van der Waals surface area contributed by atoms with E-state index >= 15 is 0 Å². The molecule has 1 aliphatic carbocycles.